The number of carbonyl (C=O) groups is 2. The van der Waals surface area contributed by atoms with E-state index in [0.29, 0.717) is 6.42 Å². The van der Waals surface area contributed by atoms with E-state index in [-0.39, 0.29) is 17.6 Å². The lowest BCUT2D eigenvalue weighted by atomic mass is 10.2. The van der Waals surface area contributed by atoms with E-state index in [2.05, 4.69) is 0 Å². The van der Waals surface area contributed by atoms with Crippen molar-refractivity contribution in [2.45, 2.75) is 13.3 Å². The largest absolute Gasteiger partial charge is 0.481 e. The fraction of sp³-hybridized carbons (Fsp3) is 0.667. The first-order valence-corrected chi connectivity index (χ1v) is 2.86. The lowest BCUT2D eigenvalue weighted by Gasteiger charge is -1.85. The number of rotatable bonds is 2. The molecule has 0 unspecified atom stereocenters. The summed E-state index contributed by atoms with van der Waals surface area (Å²) in [6.07, 6.45) is 0.546. The summed E-state index contributed by atoms with van der Waals surface area (Å²) >= 11 is 0. The third kappa shape index (κ3) is 1.09. The number of hydrogen-bond acceptors (Lipinski definition) is 2. The first-order chi connectivity index (χ1) is 4.13. The molecule has 0 aromatic heterocycles. The van der Waals surface area contributed by atoms with Crippen molar-refractivity contribution in [2.75, 3.05) is 0 Å². The SMILES string of the molecule is CC(=O)[C@@H]1C[C@@H]1C(=O)O. The smallest absolute Gasteiger partial charge is 0.307 e. The van der Waals surface area contributed by atoms with Crippen LogP contribution in [0.4, 0.5) is 0 Å². The van der Waals surface area contributed by atoms with Crippen molar-refractivity contribution >= 4 is 11.8 Å². The van der Waals surface area contributed by atoms with E-state index in [1.807, 2.05) is 0 Å². The first-order valence-electron chi connectivity index (χ1n) is 2.86. The summed E-state index contributed by atoms with van der Waals surface area (Å²) in [5.74, 6) is -1.39. The molecule has 1 saturated carbocycles. The molecule has 0 saturated heterocycles. The summed E-state index contributed by atoms with van der Waals surface area (Å²) in [6, 6.07) is 0. The van der Waals surface area contributed by atoms with E-state index in [1.165, 1.54) is 6.92 Å². The first kappa shape index (κ1) is 6.26. The number of carbonyl (C=O) groups excluding carboxylic acids is 1. The van der Waals surface area contributed by atoms with E-state index in [4.69, 9.17) is 5.11 Å². The van der Waals surface area contributed by atoms with Crippen LogP contribution in [0.15, 0.2) is 0 Å². The van der Waals surface area contributed by atoms with E-state index in [9.17, 15) is 9.59 Å². The van der Waals surface area contributed by atoms with Crippen LogP contribution in [-0.4, -0.2) is 16.9 Å². The predicted molar refractivity (Wildman–Crippen MR) is 29.9 cm³/mol. The molecular formula is C6H8O3. The Bertz CT molecular complexity index is 144. The van der Waals surface area contributed by atoms with Crippen molar-refractivity contribution < 1.29 is 14.7 Å². The van der Waals surface area contributed by atoms with Gasteiger partial charge in [0.15, 0.2) is 0 Å². The average molecular weight is 128 g/mol. The fourth-order valence-corrected chi connectivity index (χ4v) is 0.917. The van der Waals surface area contributed by atoms with Crippen molar-refractivity contribution in [1.82, 2.24) is 0 Å². The molecule has 0 bridgehead atoms. The van der Waals surface area contributed by atoms with E-state index < -0.39 is 5.97 Å². The normalized spacial score (nSPS) is 31.7. The molecule has 0 radical (unpaired) electrons. The van der Waals surface area contributed by atoms with Gasteiger partial charge in [0, 0.05) is 5.92 Å². The molecule has 3 heteroatoms. The minimum atomic E-state index is -0.838. The lowest BCUT2D eigenvalue weighted by Crippen LogP contribution is -2.03. The molecule has 50 valence electrons. The fourth-order valence-electron chi connectivity index (χ4n) is 0.917. The highest BCUT2D eigenvalue weighted by atomic mass is 16.4. The Hall–Kier alpha value is -0.860. The second-order valence-corrected chi connectivity index (χ2v) is 2.40. The van der Waals surface area contributed by atoms with Crippen LogP contribution in [-0.2, 0) is 9.59 Å². The zero-order valence-corrected chi connectivity index (χ0v) is 5.13. The Labute approximate surface area is 52.7 Å². The summed E-state index contributed by atoms with van der Waals surface area (Å²) in [7, 11) is 0. The summed E-state index contributed by atoms with van der Waals surface area (Å²) in [5.41, 5.74) is 0. The lowest BCUT2D eigenvalue weighted by molar-refractivity contribution is -0.139. The molecule has 1 aliphatic carbocycles. The number of carboxylic acid groups (broad SMARTS) is 1. The maximum Gasteiger partial charge on any atom is 0.307 e. The summed E-state index contributed by atoms with van der Waals surface area (Å²) in [6.45, 7) is 1.44. The van der Waals surface area contributed by atoms with Gasteiger partial charge in [-0.25, -0.2) is 0 Å². The Balaban J connectivity index is 2.42. The Morgan fingerprint density at radius 2 is 2.00 bits per heavy atom. The molecular weight excluding hydrogens is 120 g/mol. The van der Waals surface area contributed by atoms with Gasteiger partial charge < -0.3 is 5.11 Å². The maximum atomic E-state index is 10.5. The molecule has 2 atom stereocenters. The van der Waals surface area contributed by atoms with Crippen LogP contribution in [0.3, 0.4) is 0 Å². The molecule has 0 amide bonds. The molecule has 1 rings (SSSR count). The molecule has 0 aromatic carbocycles. The van der Waals surface area contributed by atoms with Crippen LogP contribution >= 0.6 is 0 Å². The number of aliphatic carboxylic acids is 1. The monoisotopic (exact) mass is 128 g/mol. The highest BCUT2D eigenvalue weighted by Crippen LogP contribution is 2.38. The molecule has 1 aliphatic rings. The van der Waals surface area contributed by atoms with Gasteiger partial charge >= 0.3 is 5.97 Å². The van der Waals surface area contributed by atoms with Crippen LogP contribution in [0.1, 0.15) is 13.3 Å². The van der Waals surface area contributed by atoms with Crippen molar-refractivity contribution in [1.29, 1.82) is 0 Å². The van der Waals surface area contributed by atoms with Gasteiger partial charge in [-0.15, -0.1) is 0 Å². The van der Waals surface area contributed by atoms with Crippen molar-refractivity contribution in [3.05, 3.63) is 0 Å². The maximum absolute atomic E-state index is 10.5. The van der Waals surface area contributed by atoms with Gasteiger partial charge in [-0.05, 0) is 13.3 Å². The van der Waals surface area contributed by atoms with Gasteiger partial charge in [0.05, 0.1) is 5.92 Å². The molecule has 1 fully saturated rings. The van der Waals surface area contributed by atoms with Gasteiger partial charge in [-0.3, -0.25) is 9.59 Å². The van der Waals surface area contributed by atoms with Crippen LogP contribution in [0.2, 0.25) is 0 Å². The third-order valence-corrected chi connectivity index (χ3v) is 1.63. The van der Waals surface area contributed by atoms with Crippen molar-refractivity contribution in [3.8, 4) is 0 Å². The van der Waals surface area contributed by atoms with Crippen LogP contribution in [0.25, 0.3) is 0 Å². The van der Waals surface area contributed by atoms with Crippen molar-refractivity contribution in [2.24, 2.45) is 11.8 Å². The van der Waals surface area contributed by atoms with E-state index in [0.717, 1.165) is 0 Å². The average Bonchev–Trinajstić information content (AvgIpc) is 2.39. The summed E-state index contributed by atoms with van der Waals surface area (Å²) in [5, 5.41) is 8.32. The van der Waals surface area contributed by atoms with Gasteiger partial charge in [0.1, 0.15) is 5.78 Å². The highest BCUT2D eigenvalue weighted by molar-refractivity contribution is 5.89. The second-order valence-electron chi connectivity index (χ2n) is 2.40. The van der Waals surface area contributed by atoms with Gasteiger partial charge in [-0.2, -0.15) is 0 Å². The van der Waals surface area contributed by atoms with Crippen LogP contribution < -0.4 is 0 Å². The minimum Gasteiger partial charge on any atom is -0.481 e. The number of Topliss-reactive ketones (excluding diaryl/α,β-unsaturated/α-hetero) is 1. The predicted octanol–water partition coefficient (Wildman–Crippen LogP) is 0.296. The molecule has 0 heterocycles. The molecule has 9 heavy (non-hydrogen) atoms. The summed E-state index contributed by atoms with van der Waals surface area (Å²) in [4.78, 5) is 20.6. The van der Waals surface area contributed by atoms with Gasteiger partial charge in [0.25, 0.3) is 0 Å². The zero-order valence-electron chi connectivity index (χ0n) is 5.13. The van der Waals surface area contributed by atoms with Gasteiger partial charge in [0.2, 0.25) is 0 Å². The number of hydrogen-bond donors (Lipinski definition) is 1. The Morgan fingerprint density at radius 1 is 1.44 bits per heavy atom. The van der Waals surface area contributed by atoms with Crippen LogP contribution in [0, 0.1) is 11.8 Å². The summed E-state index contributed by atoms with van der Waals surface area (Å²) < 4.78 is 0. The van der Waals surface area contributed by atoms with Crippen LogP contribution in [0.5, 0.6) is 0 Å². The number of ketones is 1. The Morgan fingerprint density at radius 3 is 2.11 bits per heavy atom. The van der Waals surface area contributed by atoms with E-state index in [1.54, 1.807) is 0 Å². The molecule has 0 spiro atoms. The Kier molecular flexibility index (Phi) is 1.27. The third-order valence-electron chi connectivity index (χ3n) is 1.63. The molecule has 1 N–H and O–H groups in total. The minimum absolute atomic E-state index is 0.00222. The molecule has 3 nitrogen and oxygen atoms in total. The quantitative estimate of drug-likeness (QED) is 0.581. The van der Waals surface area contributed by atoms with Crippen molar-refractivity contribution in [3.63, 3.8) is 0 Å². The number of carboxylic acids is 1. The zero-order chi connectivity index (χ0) is 7.02. The second kappa shape index (κ2) is 1.83. The molecule has 0 aliphatic heterocycles. The standard InChI is InChI=1S/C6H8O3/c1-3(7)4-2-5(4)6(8)9/h4-5H,2H2,1H3,(H,8,9)/t4-,5-/m0/s1. The van der Waals surface area contributed by atoms with Gasteiger partial charge in [-0.1, -0.05) is 0 Å². The van der Waals surface area contributed by atoms with E-state index >= 15 is 0 Å². The highest BCUT2D eigenvalue weighted by Gasteiger charge is 2.46. The molecule has 0 aromatic rings. The topological polar surface area (TPSA) is 54.4 Å².